The third kappa shape index (κ3) is 2.79. The van der Waals surface area contributed by atoms with E-state index in [4.69, 9.17) is 11.6 Å². The number of halogens is 1. The van der Waals surface area contributed by atoms with E-state index >= 15 is 0 Å². The van der Waals surface area contributed by atoms with Gasteiger partial charge in [-0.2, -0.15) is 0 Å². The van der Waals surface area contributed by atoms with E-state index in [2.05, 4.69) is 14.6 Å². The lowest BCUT2D eigenvalue weighted by atomic mass is 10.3. The highest BCUT2D eigenvalue weighted by Crippen LogP contribution is 2.19. The Morgan fingerprint density at radius 1 is 1.41 bits per heavy atom. The average molecular weight is 256 g/mol. The molecule has 17 heavy (non-hydrogen) atoms. The molecule has 0 bridgehead atoms. The Balaban J connectivity index is 1.97. The lowest BCUT2D eigenvalue weighted by molar-refractivity contribution is 0.121. The van der Waals surface area contributed by atoms with Crippen LogP contribution in [-0.2, 0) is 4.74 Å². The van der Waals surface area contributed by atoms with Gasteiger partial charge in [0.05, 0.1) is 7.11 Å². The molecule has 0 unspecified atom stereocenters. The number of amides is 1. The summed E-state index contributed by atoms with van der Waals surface area (Å²) in [5, 5.41) is 0.484. The standard InChI is InChI=1S/C11H14ClN3O2/c1-17-11(16)15-6-4-14(5-7-15)9-2-3-13-10(12)8-9/h2-3,8H,4-7H2,1H3. The Kier molecular flexibility index (Phi) is 3.68. The maximum Gasteiger partial charge on any atom is 0.409 e. The number of carbonyl (C=O) groups is 1. The van der Waals surface area contributed by atoms with E-state index < -0.39 is 0 Å². The topological polar surface area (TPSA) is 45.7 Å². The summed E-state index contributed by atoms with van der Waals surface area (Å²) in [4.78, 5) is 19.1. The summed E-state index contributed by atoms with van der Waals surface area (Å²) in [5.74, 6) is 0. The van der Waals surface area contributed by atoms with Crippen molar-refractivity contribution in [1.29, 1.82) is 0 Å². The van der Waals surface area contributed by atoms with Gasteiger partial charge in [0.15, 0.2) is 0 Å². The van der Waals surface area contributed by atoms with Gasteiger partial charge in [0.1, 0.15) is 5.15 Å². The van der Waals surface area contributed by atoms with E-state index in [1.165, 1.54) is 7.11 Å². The minimum atomic E-state index is -0.266. The molecule has 2 heterocycles. The third-order valence-corrected chi connectivity index (χ3v) is 2.99. The van der Waals surface area contributed by atoms with Crippen molar-refractivity contribution in [2.45, 2.75) is 0 Å². The highest BCUT2D eigenvalue weighted by atomic mass is 35.5. The molecule has 0 saturated carbocycles. The molecular formula is C11H14ClN3O2. The number of nitrogens with zero attached hydrogens (tertiary/aromatic N) is 3. The van der Waals surface area contributed by atoms with E-state index in [9.17, 15) is 4.79 Å². The first-order valence-electron chi connectivity index (χ1n) is 5.40. The Morgan fingerprint density at radius 2 is 2.12 bits per heavy atom. The minimum absolute atomic E-state index is 0.266. The highest BCUT2D eigenvalue weighted by molar-refractivity contribution is 6.29. The smallest absolute Gasteiger partial charge is 0.409 e. The van der Waals surface area contributed by atoms with E-state index in [0.29, 0.717) is 18.2 Å². The summed E-state index contributed by atoms with van der Waals surface area (Å²) in [6.07, 6.45) is 1.42. The van der Waals surface area contributed by atoms with Gasteiger partial charge in [0, 0.05) is 38.1 Å². The summed E-state index contributed by atoms with van der Waals surface area (Å²) in [6.45, 7) is 2.87. The van der Waals surface area contributed by atoms with Crippen LogP contribution in [0.2, 0.25) is 5.15 Å². The summed E-state index contributed by atoms with van der Waals surface area (Å²) < 4.78 is 4.69. The van der Waals surface area contributed by atoms with E-state index in [0.717, 1.165) is 18.8 Å². The zero-order valence-corrected chi connectivity index (χ0v) is 10.4. The van der Waals surface area contributed by atoms with Crippen LogP contribution in [0, 0.1) is 0 Å². The summed E-state index contributed by atoms with van der Waals surface area (Å²) in [5.41, 5.74) is 1.04. The van der Waals surface area contributed by atoms with Crippen LogP contribution in [0.15, 0.2) is 18.3 Å². The average Bonchev–Trinajstić information content (AvgIpc) is 2.38. The van der Waals surface area contributed by atoms with Crippen molar-refractivity contribution in [2.24, 2.45) is 0 Å². The molecule has 1 aliphatic heterocycles. The van der Waals surface area contributed by atoms with Crippen LogP contribution in [0.5, 0.6) is 0 Å². The normalized spacial score (nSPS) is 15.9. The molecule has 5 nitrogen and oxygen atoms in total. The molecular weight excluding hydrogens is 242 g/mol. The Bertz CT molecular complexity index is 405. The fourth-order valence-corrected chi connectivity index (χ4v) is 2.03. The first kappa shape index (κ1) is 12.0. The maximum atomic E-state index is 11.3. The van der Waals surface area contributed by atoms with Crippen LogP contribution in [0.4, 0.5) is 10.5 Å². The van der Waals surface area contributed by atoms with E-state index in [1.807, 2.05) is 12.1 Å². The molecule has 1 aromatic rings. The van der Waals surface area contributed by atoms with Gasteiger partial charge in [-0.1, -0.05) is 11.6 Å². The highest BCUT2D eigenvalue weighted by Gasteiger charge is 2.21. The number of methoxy groups -OCH3 is 1. The second kappa shape index (κ2) is 5.23. The zero-order chi connectivity index (χ0) is 12.3. The van der Waals surface area contributed by atoms with Crippen LogP contribution in [0.1, 0.15) is 0 Å². The van der Waals surface area contributed by atoms with Crippen molar-refractivity contribution in [3.63, 3.8) is 0 Å². The molecule has 1 saturated heterocycles. The van der Waals surface area contributed by atoms with Gasteiger partial charge in [-0.3, -0.25) is 0 Å². The molecule has 92 valence electrons. The second-order valence-corrected chi connectivity index (χ2v) is 4.17. The summed E-state index contributed by atoms with van der Waals surface area (Å²) >= 11 is 5.84. The number of pyridine rings is 1. The third-order valence-electron chi connectivity index (χ3n) is 2.79. The quantitative estimate of drug-likeness (QED) is 0.716. The van der Waals surface area contributed by atoms with Crippen molar-refractivity contribution in [3.8, 4) is 0 Å². The van der Waals surface area contributed by atoms with Crippen LogP contribution in [0.25, 0.3) is 0 Å². The Morgan fingerprint density at radius 3 is 2.71 bits per heavy atom. The van der Waals surface area contributed by atoms with Gasteiger partial charge in [-0.05, 0) is 12.1 Å². The number of rotatable bonds is 1. The molecule has 1 amide bonds. The van der Waals surface area contributed by atoms with Gasteiger partial charge >= 0.3 is 6.09 Å². The Labute approximate surface area is 105 Å². The van der Waals surface area contributed by atoms with Gasteiger partial charge in [0.25, 0.3) is 0 Å². The molecule has 6 heteroatoms. The first-order valence-corrected chi connectivity index (χ1v) is 5.78. The molecule has 0 radical (unpaired) electrons. The lowest BCUT2D eigenvalue weighted by Crippen LogP contribution is -2.48. The van der Waals surface area contributed by atoms with Crippen molar-refractivity contribution in [3.05, 3.63) is 23.5 Å². The van der Waals surface area contributed by atoms with Gasteiger partial charge in [-0.15, -0.1) is 0 Å². The molecule has 0 N–H and O–H groups in total. The van der Waals surface area contributed by atoms with Crippen molar-refractivity contribution >= 4 is 23.4 Å². The van der Waals surface area contributed by atoms with E-state index in [-0.39, 0.29) is 6.09 Å². The second-order valence-electron chi connectivity index (χ2n) is 3.78. The van der Waals surface area contributed by atoms with Crippen LogP contribution in [0.3, 0.4) is 0 Å². The lowest BCUT2D eigenvalue weighted by Gasteiger charge is -2.35. The maximum absolute atomic E-state index is 11.3. The predicted molar refractivity (Wildman–Crippen MR) is 65.4 cm³/mol. The molecule has 2 rings (SSSR count). The molecule has 0 atom stereocenters. The van der Waals surface area contributed by atoms with Crippen molar-refractivity contribution in [1.82, 2.24) is 9.88 Å². The number of piperazine rings is 1. The molecule has 0 spiro atoms. The summed E-state index contributed by atoms with van der Waals surface area (Å²) in [6, 6.07) is 3.75. The Hall–Kier alpha value is -1.49. The van der Waals surface area contributed by atoms with Gasteiger partial charge < -0.3 is 14.5 Å². The van der Waals surface area contributed by atoms with Gasteiger partial charge in [0.2, 0.25) is 0 Å². The zero-order valence-electron chi connectivity index (χ0n) is 9.60. The minimum Gasteiger partial charge on any atom is -0.453 e. The van der Waals surface area contributed by atoms with E-state index in [1.54, 1.807) is 11.1 Å². The summed E-state index contributed by atoms with van der Waals surface area (Å²) in [7, 11) is 1.40. The number of ether oxygens (including phenoxy) is 1. The predicted octanol–water partition coefficient (Wildman–Crippen LogP) is 1.62. The number of carbonyl (C=O) groups excluding carboxylic acids is 1. The molecule has 1 aliphatic rings. The number of hydrogen-bond acceptors (Lipinski definition) is 4. The first-order chi connectivity index (χ1) is 8.20. The molecule has 1 aromatic heterocycles. The molecule has 0 aliphatic carbocycles. The SMILES string of the molecule is COC(=O)N1CCN(c2ccnc(Cl)c2)CC1. The van der Waals surface area contributed by atoms with Gasteiger partial charge in [-0.25, -0.2) is 9.78 Å². The molecule has 0 aromatic carbocycles. The van der Waals surface area contributed by atoms with Crippen LogP contribution in [-0.4, -0.2) is 49.3 Å². The van der Waals surface area contributed by atoms with Crippen molar-refractivity contribution < 1.29 is 9.53 Å². The fraction of sp³-hybridized carbons (Fsp3) is 0.455. The van der Waals surface area contributed by atoms with Crippen molar-refractivity contribution in [2.75, 3.05) is 38.2 Å². The number of aromatic nitrogens is 1. The largest absolute Gasteiger partial charge is 0.453 e. The fourth-order valence-electron chi connectivity index (χ4n) is 1.87. The number of hydrogen-bond donors (Lipinski definition) is 0. The number of anilines is 1. The molecule has 1 fully saturated rings. The van der Waals surface area contributed by atoms with Crippen LogP contribution < -0.4 is 4.90 Å². The van der Waals surface area contributed by atoms with Crippen LogP contribution >= 0.6 is 11.6 Å². The monoisotopic (exact) mass is 255 g/mol.